The van der Waals surface area contributed by atoms with Crippen LogP contribution in [0.5, 0.6) is 0 Å². The Bertz CT molecular complexity index is 396. The Morgan fingerprint density at radius 2 is 1.82 bits per heavy atom. The van der Waals surface area contributed by atoms with E-state index in [0.29, 0.717) is 11.8 Å². The van der Waals surface area contributed by atoms with Crippen LogP contribution < -0.4 is 5.32 Å². The van der Waals surface area contributed by atoms with E-state index in [1.165, 1.54) is 38.5 Å². The van der Waals surface area contributed by atoms with Crippen molar-refractivity contribution in [3.8, 4) is 0 Å². The minimum Gasteiger partial charge on any atom is -0.460 e. The highest BCUT2D eigenvalue weighted by molar-refractivity contribution is 5.70. The number of rotatable bonds is 5. The molecule has 0 unspecified atom stereocenters. The van der Waals surface area contributed by atoms with E-state index in [1.54, 1.807) is 0 Å². The van der Waals surface area contributed by atoms with Crippen molar-refractivity contribution in [3.05, 3.63) is 0 Å². The summed E-state index contributed by atoms with van der Waals surface area (Å²) in [6.45, 7) is 8.95. The Kier molecular flexibility index (Phi) is 4.52. The molecule has 0 radical (unpaired) electrons. The first-order chi connectivity index (χ1) is 10.3. The normalized spacial score (nSPS) is 26.0. The summed E-state index contributed by atoms with van der Waals surface area (Å²) in [6, 6.07) is 1.64. The fourth-order valence-electron chi connectivity index (χ4n) is 3.99. The van der Waals surface area contributed by atoms with Crippen LogP contribution in [0.4, 0.5) is 0 Å². The van der Waals surface area contributed by atoms with Gasteiger partial charge in [0.05, 0.1) is 6.42 Å². The highest BCUT2D eigenvalue weighted by Crippen LogP contribution is 2.49. The van der Waals surface area contributed by atoms with E-state index < -0.39 is 0 Å². The van der Waals surface area contributed by atoms with Crippen molar-refractivity contribution in [2.75, 3.05) is 19.6 Å². The van der Waals surface area contributed by atoms with E-state index in [1.807, 2.05) is 20.8 Å². The van der Waals surface area contributed by atoms with Crippen LogP contribution in [0.2, 0.25) is 0 Å². The maximum absolute atomic E-state index is 11.8. The van der Waals surface area contributed by atoms with Gasteiger partial charge in [-0.3, -0.25) is 4.79 Å². The zero-order valence-corrected chi connectivity index (χ0v) is 14.5. The van der Waals surface area contributed by atoms with E-state index in [4.69, 9.17) is 4.74 Å². The molecule has 1 aliphatic heterocycles. The fourth-order valence-corrected chi connectivity index (χ4v) is 3.99. The number of nitrogens with zero attached hydrogens (tertiary/aromatic N) is 1. The molecule has 126 valence electrons. The van der Waals surface area contributed by atoms with E-state index >= 15 is 0 Å². The maximum atomic E-state index is 11.8. The number of nitrogens with one attached hydrogen (secondary N) is 1. The van der Waals surface area contributed by atoms with Gasteiger partial charge >= 0.3 is 5.97 Å². The van der Waals surface area contributed by atoms with E-state index in [-0.39, 0.29) is 11.6 Å². The summed E-state index contributed by atoms with van der Waals surface area (Å²) < 4.78 is 5.39. The molecule has 0 atom stereocenters. The molecule has 1 saturated heterocycles. The van der Waals surface area contributed by atoms with Gasteiger partial charge in [0.25, 0.3) is 0 Å². The smallest absolute Gasteiger partial charge is 0.307 e. The molecule has 1 spiro atoms. The van der Waals surface area contributed by atoms with Crippen LogP contribution in [-0.4, -0.2) is 48.2 Å². The number of hydrogen-bond acceptors (Lipinski definition) is 4. The molecule has 3 fully saturated rings. The predicted molar refractivity (Wildman–Crippen MR) is 87.7 cm³/mol. The molecule has 0 aromatic rings. The predicted octanol–water partition coefficient (Wildman–Crippen LogP) is 2.71. The standard InChI is InChI=1S/C18H32N2O2/c1-17(2,3)22-16(21)6-9-20-10-7-18(8-11-20)12-15(13-18)19-14-4-5-14/h14-15,19H,4-13H2,1-3H3. The topological polar surface area (TPSA) is 41.6 Å². The molecule has 0 amide bonds. The van der Waals surface area contributed by atoms with Crippen LogP contribution in [0.25, 0.3) is 0 Å². The van der Waals surface area contributed by atoms with Crippen molar-refractivity contribution < 1.29 is 9.53 Å². The lowest BCUT2D eigenvalue weighted by molar-refractivity contribution is -0.155. The van der Waals surface area contributed by atoms with Crippen LogP contribution in [0.1, 0.15) is 65.7 Å². The molecule has 1 heterocycles. The molecule has 3 aliphatic rings. The lowest BCUT2D eigenvalue weighted by atomic mass is 9.60. The molecule has 3 rings (SSSR count). The lowest BCUT2D eigenvalue weighted by Crippen LogP contribution is -2.54. The van der Waals surface area contributed by atoms with Crippen molar-refractivity contribution in [2.45, 2.75) is 83.4 Å². The van der Waals surface area contributed by atoms with Crippen molar-refractivity contribution in [1.82, 2.24) is 10.2 Å². The molecule has 22 heavy (non-hydrogen) atoms. The third-order valence-electron chi connectivity index (χ3n) is 5.38. The van der Waals surface area contributed by atoms with Gasteiger partial charge in [-0.05, 0) is 77.8 Å². The van der Waals surface area contributed by atoms with E-state index in [9.17, 15) is 4.79 Å². The van der Waals surface area contributed by atoms with Crippen LogP contribution in [-0.2, 0) is 9.53 Å². The molecule has 0 aromatic heterocycles. The van der Waals surface area contributed by atoms with Gasteiger partial charge in [0, 0.05) is 18.6 Å². The number of hydrogen-bond donors (Lipinski definition) is 1. The Morgan fingerprint density at radius 1 is 1.18 bits per heavy atom. The lowest BCUT2D eigenvalue weighted by Gasteiger charge is -2.52. The SMILES string of the molecule is CC(C)(C)OC(=O)CCN1CCC2(CC1)CC(NC1CC1)C2. The molecule has 4 nitrogen and oxygen atoms in total. The number of esters is 1. The second kappa shape index (κ2) is 6.12. The third kappa shape index (κ3) is 4.45. The molecule has 2 saturated carbocycles. The van der Waals surface area contributed by atoms with Gasteiger partial charge in [-0.15, -0.1) is 0 Å². The largest absolute Gasteiger partial charge is 0.460 e. The number of carbonyl (C=O) groups is 1. The van der Waals surface area contributed by atoms with Gasteiger partial charge in [0.15, 0.2) is 0 Å². The molecular formula is C18H32N2O2. The quantitative estimate of drug-likeness (QED) is 0.793. The summed E-state index contributed by atoms with van der Waals surface area (Å²) in [5.41, 5.74) is 0.257. The minimum absolute atomic E-state index is 0.0647. The summed E-state index contributed by atoms with van der Waals surface area (Å²) in [7, 11) is 0. The highest BCUT2D eigenvalue weighted by atomic mass is 16.6. The Labute approximate surface area is 135 Å². The fraction of sp³-hybridized carbons (Fsp3) is 0.944. The number of carbonyl (C=O) groups excluding carboxylic acids is 1. The zero-order valence-electron chi connectivity index (χ0n) is 14.5. The highest BCUT2D eigenvalue weighted by Gasteiger charge is 2.46. The molecule has 1 N–H and O–H groups in total. The van der Waals surface area contributed by atoms with Crippen molar-refractivity contribution in [3.63, 3.8) is 0 Å². The maximum Gasteiger partial charge on any atom is 0.307 e. The average Bonchev–Trinajstić information content (AvgIpc) is 3.18. The third-order valence-corrected chi connectivity index (χ3v) is 5.38. The van der Waals surface area contributed by atoms with Gasteiger partial charge in [0.1, 0.15) is 5.60 Å². The van der Waals surface area contributed by atoms with Gasteiger partial charge in [0.2, 0.25) is 0 Å². The van der Waals surface area contributed by atoms with Gasteiger partial charge < -0.3 is 15.0 Å². The second-order valence-corrected chi connectivity index (χ2v) is 8.72. The van der Waals surface area contributed by atoms with E-state index in [2.05, 4.69) is 10.2 Å². The molecular weight excluding hydrogens is 276 g/mol. The minimum atomic E-state index is -0.363. The van der Waals surface area contributed by atoms with E-state index in [0.717, 1.165) is 31.7 Å². The summed E-state index contributed by atoms with van der Waals surface area (Å²) >= 11 is 0. The molecule has 0 bridgehead atoms. The Morgan fingerprint density at radius 3 is 2.36 bits per heavy atom. The van der Waals surface area contributed by atoms with Gasteiger partial charge in [-0.1, -0.05) is 0 Å². The van der Waals surface area contributed by atoms with Crippen LogP contribution in [0.3, 0.4) is 0 Å². The number of piperidine rings is 1. The second-order valence-electron chi connectivity index (χ2n) is 8.72. The number of likely N-dealkylation sites (tertiary alicyclic amines) is 1. The summed E-state index contributed by atoms with van der Waals surface area (Å²) in [5.74, 6) is -0.0647. The monoisotopic (exact) mass is 308 g/mol. The van der Waals surface area contributed by atoms with Crippen LogP contribution in [0, 0.1) is 5.41 Å². The van der Waals surface area contributed by atoms with Crippen LogP contribution >= 0.6 is 0 Å². The van der Waals surface area contributed by atoms with Gasteiger partial charge in [-0.2, -0.15) is 0 Å². The van der Waals surface area contributed by atoms with Crippen molar-refractivity contribution in [2.24, 2.45) is 5.41 Å². The molecule has 0 aromatic carbocycles. The summed E-state index contributed by atoms with van der Waals surface area (Å²) in [6.07, 6.45) is 8.68. The first-order valence-electron chi connectivity index (χ1n) is 9.04. The average molecular weight is 308 g/mol. The Balaban J connectivity index is 1.31. The Hall–Kier alpha value is -0.610. The van der Waals surface area contributed by atoms with Crippen molar-refractivity contribution >= 4 is 5.97 Å². The zero-order chi connectivity index (χ0) is 15.8. The summed E-state index contributed by atoms with van der Waals surface area (Å²) in [5, 5.41) is 3.76. The van der Waals surface area contributed by atoms with Crippen LogP contribution in [0.15, 0.2) is 0 Å². The van der Waals surface area contributed by atoms with Gasteiger partial charge in [-0.25, -0.2) is 0 Å². The number of ether oxygens (including phenoxy) is 1. The molecule has 4 heteroatoms. The first-order valence-corrected chi connectivity index (χ1v) is 9.04. The summed E-state index contributed by atoms with van der Waals surface area (Å²) in [4.78, 5) is 14.2. The molecule has 2 aliphatic carbocycles. The first kappa shape index (κ1) is 16.3. The van der Waals surface area contributed by atoms with Crippen molar-refractivity contribution in [1.29, 1.82) is 0 Å².